The van der Waals surface area contributed by atoms with Crippen LogP contribution in [0.4, 0.5) is 0 Å². The molecule has 27 heavy (non-hydrogen) atoms. The molecule has 6 aliphatic carbocycles. The molecule has 8 nitrogen and oxygen atoms in total. The smallest absolute Gasteiger partial charge is 0.309 e. The van der Waals surface area contributed by atoms with E-state index in [0.717, 1.165) is 0 Å². The van der Waals surface area contributed by atoms with Gasteiger partial charge in [-0.05, 0) is 23.7 Å². The van der Waals surface area contributed by atoms with Crippen molar-refractivity contribution in [3.05, 3.63) is 0 Å². The van der Waals surface area contributed by atoms with Gasteiger partial charge in [0.1, 0.15) is 12.2 Å². The predicted molar refractivity (Wildman–Crippen MR) is 85.5 cm³/mol. The highest BCUT2D eigenvalue weighted by Crippen LogP contribution is 3.00. The maximum absolute atomic E-state index is 12.5. The van der Waals surface area contributed by atoms with Gasteiger partial charge in [-0.1, -0.05) is 0 Å². The first kappa shape index (κ1) is 17.0. The summed E-state index contributed by atoms with van der Waals surface area (Å²) in [6.07, 6.45) is 0. The molecule has 0 N–H and O–H groups in total. The number of carbonyl (C=O) groups excluding carboxylic acids is 4. The first-order valence-electron chi connectivity index (χ1n) is 9.28. The molecule has 8 heteroatoms. The number of hydrogen-bond acceptors (Lipinski definition) is 8. The standard InChI is InChI=1S/C19H22O8/c1-6(20)26-5-18-12-10-8(16(22)24-3)9(17(23)25-4)11-14(12)19(18,27-7(2)21)15(11)13(10)18/h8-15H,5H2,1-4H3/t8-,9+,10?,11?,12-,13+,14+,15+,18?,19?/m0/s1. The van der Waals surface area contributed by atoms with Crippen molar-refractivity contribution in [2.24, 2.45) is 52.8 Å². The van der Waals surface area contributed by atoms with Crippen LogP contribution in [-0.2, 0) is 38.1 Å². The molecule has 6 rings (SSSR count). The number of esters is 4. The lowest BCUT2D eigenvalue weighted by Crippen LogP contribution is -3.08. The summed E-state index contributed by atoms with van der Waals surface area (Å²) in [5.41, 5.74) is -1.06. The molecule has 0 aromatic rings. The van der Waals surface area contributed by atoms with Gasteiger partial charge in [0.2, 0.25) is 0 Å². The van der Waals surface area contributed by atoms with Crippen molar-refractivity contribution in [1.82, 2.24) is 0 Å². The Labute approximate surface area is 155 Å². The van der Waals surface area contributed by atoms with Gasteiger partial charge < -0.3 is 18.9 Å². The quantitative estimate of drug-likeness (QED) is 0.493. The van der Waals surface area contributed by atoms with E-state index in [0.29, 0.717) is 0 Å². The third-order valence-electron chi connectivity index (χ3n) is 8.33. The average Bonchev–Trinajstić information content (AvgIpc) is 2.63. The van der Waals surface area contributed by atoms with E-state index in [4.69, 9.17) is 18.9 Å². The van der Waals surface area contributed by atoms with E-state index >= 15 is 0 Å². The van der Waals surface area contributed by atoms with Gasteiger partial charge in [0.05, 0.1) is 31.5 Å². The first-order chi connectivity index (χ1) is 12.8. The molecule has 6 fully saturated rings. The van der Waals surface area contributed by atoms with Crippen LogP contribution in [-0.4, -0.2) is 50.3 Å². The highest BCUT2D eigenvalue weighted by molar-refractivity contribution is 5.86. The minimum absolute atomic E-state index is 0.0157. The Bertz CT molecular complexity index is 767. The molecule has 6 saturated carbocycles. The van der Waals surface area contributed by atoms with E-state index < -0.39 is 34.8 Å². The summed E-state index contributed by atoms with van der Waals surface area (Å²) in [6.45, 7) is 2.92. The van der Waals surface area contributed by atoms with Crippen LogP contribution in [0.15, 0.2) is 0 Å². The van der Waals surface area contributed by atoms with E-state index in [1.54, 1.807) is 0 Å². The van der Waals surface area contributed by atoms with E-state index in [-0.39, 0.29) is 54.1 Å². The van der Waals surface area contributed by atoms with Gasteiger partial charge in [-0.15, -0.1) is 0 Å². The highest BCUT2D eigenvalue weighted by atomic mass is 16.6. The molecule has 0 aromatic carbocycles. The number of hydrogen-bond donors (Lipinski definition) is 0. The van der Waals surface area contributed by atoms with Gasteiger partial charge in [0.25, 0.3) is 0 Å². The van der Waals surface area contributed by atoms with Gasteiger partial charge in [-0.3, -0.25) is 19.2 Å². The molecular weight excluding hydrogens is 356 g/mol. The number of rotatable bonds is 5. The fraction of sp³-hybridized carbons (Fsp3) is 0.789. The summed E-state index contributed by atoms with van der Waals surface area (Å²) in [7, 11) is 2.65. The summed E-state index contributed by atoms with van der Waals surface area (Å²) in [4.78, 5) is 48.2. The zero-order chi connectivity index (χ0) is 19.5. The topological polar surface area (TPSA) is 105 Å². The molecule has 2 bridgehead atoms. The van der Waals surface area contributed by atoms with Crippen LogP contribution in [0.5, 0.6) is 0 Å². The number of ether oxygens (including phenoxy) is 4. The summed E-state index contributed by atoms with van der Waals surface area (Å²) >= 11 is 0. The van der Waals surface area contributed by atoms with Crippen LogP contribution in [0.1, 0.15) is 13.8 Å². The SMILES string of the molecule is COC(=O)[C@@H]1C2[C@@H]3[C@H]4C([C@@H]5[C@H]2C3(COC(C)=O)C45OC(C)=O)[C@@H]1C(=O)OC. The van der Waals surface area contributed by atoms with Crippen molar-refractivity contribution in [2.45, 2.75) is 19.4 Å². The minimum atomic E-state index is -0.655. The van der Waals surface area contributed by atoms with Crippen LogP contribution in [0.25, 0.3) is 0 Å². The average molecular weight is 378 g/mol. The van der Waals surface area contributed by atoms with E-state index in [1.807, 2.05) is 0 Å². The zero-order valence-electron chi connectivity index (χ0n) is 15.6. The molecule has 10 atom stereocenters. The normalized spacial score (nSPS) is 51.3. The molecule has 0 spiro atoms. The molecule has 0 amide bonds. The Kier molecular flexibility index (Phi) is 3.04. The third kappa shape index (κ3) is 1.42. The molecule has 0 aliphatic heterocycles. The molecule has 0 heterocycles. The van der Waals surface area contributed by atoms with Crippen molar-refractivity contribution < 1.29 is 38.1 Å². The number of fused-ring (bicyclic) bond motifs is 1. The monoisotopic (exact) mass is 378 g/mol. The Hall–Kier alpha value is -2.12. The Morgan fingerprint density at radius 1 is 0.778 bits per heavy atom. The van der Waals surface area contributed by atoms with Crippen LogP contribution in [0.2, 0.25) is 0 Å². The van der Waals surface area contributed by atoms with E-state index in [9.17, 15) is 19.2 Å². The van der Waals surface area contributed by atoms with Crippen LogP contribution in [0.3, 0.4) is 0 Å². The largest absolute Gasteiger partial charge is 0.469 e. The lowest BCUT2D eigenvalue weighted by atomic mass is 9.02. The Morgan fingerprint density at radius 2 is 1.26 bits per heavy atom. The lowest BCUT2D eigenvalue weighted by molar-refractivity contribution is -0.592. The van der Waals surface area contributed by atoms with E-state index in [1.165, 1.54) is 28.1 Å². The van der Waals surface area contributed by atoms with Gasteiger partial charge in [-0.2, -0.15) is 0 Å². The summed E-state index contributed by atoms with van der Waals surface area (Å²) in [5.74, 6) is -2.50. The van der Waals surface area contributed by atoms with Crippen molar-refractivity contribution in [3.63, 3.8) is 0 Å². The maximum atomic E-state index is 12.5. The Balaban J connectivity index is 1.53. The number of carbonyl (C=O) groups is 4. The first-order valence-corrected chi connectivity index (χ1v) is 9.28. The van der Waals surface area contributed by atoms with Crippen molar-refractivity contribution in [1.29, 1.82) is 0 Å². The Morgan fingerprint density at radius 3 is 1.67 bits per heavy atom. The van der Waals surface area contributed by atoms with Gasteiger partial charge in [-0.25, -0.2) is 0 Å². The van der Waals surface area contributed by atoms with Crippen LogP contribution >= 0.6 is 0 Å². The summed E-state index contributed by atoms with van der Waals surface area (Å²) in [6, 6.07) is 0. The second-order valence-corrected chi connectivity index (χ2v) is 8.56. The van der Waals surface area contributed by atoms with Crippen LogP contribution < -0.4 is 0 Å². The van der Waals surface area contributed by atoms with Gasteiger partial charge in [0.15, 0.2) is 0 Å². The lowest BCUT2D eigenvalue weighted by Gasteiger charge is -3.01. The highest BCUT2D eigenvalue weighted by Gasteiger charge is 3.07. The molecule has 0 aromatic heterocycles. The second kappa shape index (κ2) is 4.83. The van der Waals surface area contributed by atoms with Crippen molar-refractivity contribution >= 4 is 23.9 Å². The summed E-state index contributed by atoms with van der Waals surface area (Å²) in [5, 5.41) is 0. The third-order valence-corrected chi connectivity index (χ3v) is 8.33. The van der Waals surface area contributed by atoms with Crippen molar-refractivity contribution in [2.75, 3.05) is 20.8 Å². The minimum Gasteiger partial charge on any atom is -0.469 e. The maximum Gasteiger partial charge on any atom is 0.309 e. The predicted octanol–water partition coefficient (Wildman–Crippen LogP) is 0.181. The molecule has 0 radical (unpaired) electrons. The van der Waals surface area contributed by atoms with Crippen LogP contribution in [0, 0.1) is 52.8 Å². The van der Waals surface area contributed by atoms with E-state index in [2.05, 4.69) is 0 Å². The molecule has 0 saturated heterocycles. The number of methoxy groups -OCH3 is 2. The van der Waals surface area contributed by atoms with Gasteiger partial charge >= 0.3 is 23.9 Å². The molecular formula is C19H22O8. The molecule has 6 aliphatic rings. The van der Waals surface area contributed by atoms with Gasteiger partial charge in [0, 0.05) is 25.7 Å². The van der Waals surface area contributed by atoms with Crippen molar-refractivity contribution in [3.8, 4) is 0 Å². The molecule has 4 unspecified atom stereocenters. The fourth-order valence-electron chi connectivity index (χ4n) is 8.24. The molecule has 146 valence electrons. The summed E-state index contributed by atoms with van der Waals surface area (Å²) < 4.78 is 21.1. The second-order valence-electron chi connectivity index (χ2n) is 8.56. The zero-order valence-corrected chi connectivity index (χ0v) is 15.6. The fourth-order valence-corrected chi connectivity index (χ4v) is 8.24.